The van der Waals surface area contributed by atoms with Crippen LogP contribution in [0, 0.1) is 11.3 Å². The lowest BCUT2D eigenvalue weighted by Gasteiger charge is -2.43. The van der Waals surface area contributed by atoms with E-state index in [2.05, 4.69) is 48.2 Å². The Labute approximate surface area is 223 Å². The molecule has 1 aromatic carbocycles. The highest BCUT2D eigenvalue weighted by molar-refractivity contribution is 7.98. The third kappa shape index (κ3) is 4.82. The fraction of sp³-hybridized carbons (Fsp3) is 0.517. The molecule has 1 spiro atoms. The summed E-state index contributed by atoms with van der Waals surface area (Å²) in [6, 6.07) is 10.8. The van der Waals surface area contributed by atoms with E-state index >= 15 is 0 Å². The summed E-state index contributed by atoms with van der Waals surface area (Å²) >= 11 is 1.56. The number of allylic oxidation sites excluding steroid dienone is 2. The Morgan fingerprint density at radius 1 is 1.27 bits per heavy atom. The highest BCUT2D eigenvalue weighted by Gasteiger charge is 2.42. The van der Waals surface area contributed by atoms with Crippen LogP contribution in [-0.4, -0.2) is 58.5 Å². The molecule has 1 unspecified atom stereocenters. The molecule has 37 heavy (non-hydrogen) atoms. The molecule has 1 saturated heterocycles. The van der Waals surface area contributed by atoms with Gasteiger partial charge in [-0.05, 0) is 63.5 Å². The monoisotopic (exact) mass is 517 g/mol. The number of fused-ring (bicyclic) bond motifs is 3. The lowest BCUT2D eigenvalue weighted by Crippen LogP contribution is -2.56. The second-order valence-electron chi connectivity index (χ2n) is 11.3. The molecular weight excluding hydrogens is 482 g/mol. The predicted octanol–water partition coefficient (Wildman–Crippen LogP) is 5.38. The van der Waals surface area contributed by atoms with E-state index in [1.165, 1.54) is 22.3 Å². The Kier molecular flexibility index (Phi) is 6.70. The average molecular weight is 518 g/mol. The zero-order valence-electron chi connectivity index (χ0n) is 22.4. The van der Waals surface area contributed by atoms with Crippen LogP contribution in [0.25, 0.3) is 5.57 Å². The van der Waals surface area contributed by atoms with Crippen molar-refractivity contribution in [2.75, 3.05) is 30.8 Å². The molecule has 8 heteroatoms. The summed E-state index contributed by atoms with van der Waals surface area (Å²) in [6.45, 7) is 9.50. The van der Waals surface area contributed by atoms with Gasteiger partial charge in [0.1, 0.15) is 11.4 Å². The molecule has 2 aromatic rings. The molecular formula is C29H35N5O2S. The fourth-order valence-electron chi connectivity index (χ4n) is 6.06. The Balaban J connectivity index is 1.45. The second kappa shape index (κ2) is 9.68. The van der Waals surface area contributed by atoms with Crippen molar-refractivity contribution < 1.29 is 9.53 Å². The molecule has 2 heterocycles. The number of hydrogen-bond donors (Lipinski definition) is 0. The van der Waals surface area contributed by atoms with Gasteiger partial charge in [-0.2, -0.15) is 5.26 Å². The SMILES string of the molecule is CSc1nc2c(c(N3CCN(C(=O)OC(C)(C)C)[C@@H](CC#N)C3)n1)CCC1(C=C(C)c3ccccc31)C2. The van der Waals surface area contributed by atoms with Crippen LogP contribution in [0.15, 0.2) is 35.5 Å². The van der Waals surface area contributed by atoms with Crippen LogP contribution in [0.1, 0.15) is 62.9 Å². The molecule has 3 aliphatic rings. The number of carbonyl (C=O) groups excluding carboxylic acids is 1. The Bertz CT molecular complexity index is 1290. The van der Waals surface area contributed by atoms with Gasteiger partial charge in [0.05, 0.1) is 24.2 Å². The van der Waals surface area contributed by atoms with Gasteiger partial charge < -0.3 is 14.5 Å². The van der Waals surface area contributed by atoms with Gasteiger partial charge in [0, 0.05) is 37.0 Å². The molecule has 0 saturated carbocycles. The van der Waals surface area contributed by atoms with Crippen LogP contribution in [0.4, 0.5) is 10.6 Å². The van der Waals surface area contributed by atoms with Crippen molar-refractivity contribution in [3.05, 3.63) is 52.7 Å². The number of amides is 1. The van der Waals surface area contributed by atoms with E-state index in [0.29, 0.717) is 19.6 Å². The van der Waals surface area contributed by atoms with Crippen LogP contribution < -0.4 is 4.90 Å². The number of aromatic nitrogens is 2. The zero-order chi connectivity index (χ0) is 26.4. The maximum Gasteiger partial charge on any atom is 0.410 e. The van der Waals surface area contributed by atoms with Crippen molar-refractivity contribution in [3.63, 3.8) is 0 Å². The second-order valence-corrected chi connectivity index (χ2v) is 12.1. The van der Waals surface area contributed by atoms with Gasteiger partial charge in [-0.25, -0.2) is 14.8 Å². The van der Waals surface area contributed by atoms with Crippen LogP contribution in [-0.2, 0) is 23.0 Å². The van der Waals surface area contributed by atoms with Gasteiger partial charge in [-0.15, -0.1) is 0 Å². The largest absolute Gasteiger partial charge is 0.444 e. The summed E-state index contributed by atoms with van der Waals surface area (Å²) in [7, 11) is 0. The normalized spacial score (nSPS) is 22.8. The summed E-state index contributed by atoms with van der Waals surface area (Å²) in [6.07, 6.45) is 7.13. The number of nitriles is 1. The minimum Gasteiger partial charge on any atom is -0.444 e. The predicted molar refractivity (Wildman–Crippen MR) is 147 cm³/mol. The molecule has 194 valence electrons. The van der Waals surface area contributed by atoms with E-state index in [9.17, 15) is 10.1 Å². The number of carbonyl (C=O) groups is 1. The van der Waals surface area contributed by atoms with E-state index in [-0.39, 0.29) is 24.0 Å². The third-order valence-electron chi connectivity index (χ3n) is 7.66. The first-order chi connectivity index (χ1) is 17.6. The van der Waals surface area contributed by atoms with Crippen LogP contribution >= 0.6 is 11.8 Å². The van der Waals surface area contributed by atoms with Crippen LogP contribution in [0.2, 0.25) is 0 Å². The first-order valence-corrected chi connectivity index (χ1v) is 14.2. The molecule has 2 aliphatic carbocycles. The summed E-state index contributed by atoms with van der Waals surface area (Å²) in [5, 5.41) is 10.3. The highest BCUT2D eigenvalue weighted by atomic mass is 32.2. The number of hydrogen-bond acceptors (Lipinski definition) is 7. The van der Waals surface area contributed by atoms with E-state index in [1.54, 1.807) is 16.7 Å². The molecule has 0 radical (unpaired) electrons. The molecule has 7 nitrogen and oxygen atoms in total. The van der Waals surface area contributed by atoms with E-state index in [0.717, 1.165) is 35.9 Å². The first-order valence-electron chi connectivity index (χ1n) is 13.0. The zero-order valence-corrected chi connectivity index (χ0v) is 23.2. The molecule has 1 aliphatic heterocycles. The van der Waals surface area contributed by atoms with E-state index in [1.807, 2.05) is 27.0 Å². The molecule has 5 rings (SSSR count). The number of benzene rings is 1. The maximum atomic E-state index is 12.9. The van der Waals surface area contributed by atoms with Gasteiger partial charge in [-0.1, -0.05) is 42.1 Å². The van der Waals surface area contributed by atoms with Crippen molar-refractivity contribution in [1.82, 2.24) is 14.9 Å². The minimum absolute atomic E-state index is 0.0201. The van der Waals surface area contributed by atoms with Crippen LogP contribution in [0.5, 0.6) is 0 Å². The maximum absolute atomic E-state index is 12.9. The number of thioether (sulfide) groups is 1. The quantitative estimate of drug-likeness (QED) is 0.399. The van der Waals surface area contributed by atoms with Gasteiger partial charge in [0.15, 0.2) is 5.16 Å². The number of nitrogens with zero attached hydrogens (tertiary/aromatic N) is 5. The molecule has 2 atom stereocenters. The Morgan fingerprint density at radius 2 is 2.05 bits per heavy atom. The number of rotatable bonds is 3. The summed E-state index contributed by atoms with van der Waals surface area (Å²) in [5.74, 6) is 0.961. The van der Waals surface area contributed by atoms with Crippen molar-refractivity contribution in [1.29, 1.82) is 5.26 Å². The first kappa shape index (κ1) is 25.6. The third-order valence-corrected chi connectivity index (χ3v) is 8.20. The van der Waals surface area contributed by atoms with Crippen molar-refractivity contribution in [3.8, 4) is 6.07 Å². The molecule has 0 N–H and O–H groups in total. The topological polar surface area (TPSA) is 82.4 Å². The van der Waals surface area contributed by atoms with Gasteiger partial charge in [0.25, 0.3) is 0 Å². The van der Waals surface area contributed by atoms with Crippen molar-refractivity contribution in [2.24, 2.45) is 0 Å². The minimum atomic E-state index is -0.577. The number of anilines is 1. The summed E-state index contributed by atoms with van der Waals surface area (Å²) in [5.41, 5.74) is 5.83. The summed E-state index contributed by atoms with van der Waals surface area (Å²) in [4.78, 5) is 26.8. The number of piperazine rings is 1. The van der Waals surface area contributed by atoms with E-state index in [4.69, 9.17) is 14.7 Å². The van der Waals surface area contributed by atoms with Gasteiger partial charge in [-0.3, -0.25) is 0 Å². The lowest BCUT2D eigenvalue weighted by molar-refractivity contribution is 0.0144. The molecule has 1 fully saturated rings. The van der Waals surface area contributed by atoms with E-state index < -0.39 is 5.60 Å². The average Bonchev–Trinajstić information content (AvgIpc) is 3.13. The highest BCUT2D eigenvalue weighted by Crippen LogP contribution is 2.49. The molecule has 0 bridgehead atoms. The summed E-state index contributed by atoms with van der Waals surface area (Å²) < 4.78 is 5.64. The van der Waals surface area contributed by atoms with Crippen LogP contribution in [0.3, 0.4) is 0 Å². The molecule has 1 aromatic heterocycles. The van der Waals surface area contributed by atoms with Gasteiger partial charge >= 0.3 is 6.09 Å². The Morgan fingerprint density at radius 3 is 2.78 bits per heavy atom. The number of ether oxygens (including phenoxy) is 1. The molecule has 1 amide bonds. The fourth-order valence-corrected chi connectivity index (χ4v) is 6.44. The van der Waals surface area contributed by atoms with Crippen molar-refractivity contribution in [2.45, 2.75) is 75.6 Å². The lowest BCUT2D eigenvalue weighted by atomic mass is 9.70. The van der Waals surface area contributed by atoms with Crippen molar-refractivity contribution >= 4 is 29.2 Å². The standard InChI is InChI=1S/C29H35N5O2S/c1-19-16-29(23-9-7-6-8-21(19)23)12-10-22-24(17-29)31-26(37-5)32-25(22)33-14-15-34(20(18-33)11-13-30)27(35)36-28(2,3)4/h6-9,16,20H,10-12,14-15,17-18H2,1-5H3/t20-,29?/m0/s1. The Hall–Kier alpha value is -3.05. The smallest absolute Gasteiger partial charge is 0.410 e. The van der Waals surface area contributed by atoms with Gasteiger partial charge in [0.2, 0.25) is 0 Å².